The molecule has 0 spiro atoms. The van der Waals surface area contributed by atoms with E-state index in [2.05, 4.69) is 10.6 Å². The molecule has 0 saturated carbocycles. The zero-order chi connectivity index (χ0) is 22.9. The minimum Gasteiger partial charge on any atom is -0.326 e. The molecule has 0 saturated heterocycles. The Bertz CT molecular complexity index is 1280. The average Bonchev–Trinajstić information content (AvgIpc) is 3.21. The number of carbonyl (C=O) groups is 3. The third-order valence-corrected chi connectivity index (χ3v) is 5.79. The van der Waals surface area contributed by atoms with Crippen molar-refractivity contribution in [1.82, 2.24) is 5.32 Å². The molecule has 164 valence electrons. The highest BCUT2D eigenvalue weighted by Gasteiger charge is 2.37. The number of para-hydroxylation sites is 1. The summed E-state index contributed by atoms with van der Waals surface area (Å²) in [4.78, 5) is 44.1. The second-order valence-electron chi connectivity index (χ2n) is 8.03. The van der Waals surface area contributed by atoms with Crippen molar-refractivity contribution in [3.05, 3.63) is 95.1 Å². The van der Waals surface area contributed by atoms with Gasteiger partial charge in [-0.1, -0.05) is 48.5 Å². The summed E-state index contributed by atoms with van der Waals surface area (Å²) in [6.45, 7) is 1.98. The highest BCUT2D eigenvalue weighted by atomic mass is 16.2. The first-order valence-electron chi connectivity index (χ1n) is 10.8. The van der Waals surface area contributed by atoms with Crippen molar-refractivity contribution in [1.29, 1.82) is 0 Å². The number of aliphatic imine (C=N–C) groups is 1. The van der Waals surface area contributed by atoms with E-state index in [9.17, 15) is 14.4 Å². The fourth-order valence-electron chi connectivity index (χ4n) is 4.30. The lowest BCUT2D eigenvalue weighted by molar-refractivity contribution is -0.120. The number of amides is 3. The van der Waals surface area contributed by atoms with Gasteiger partial charge in [-0.15, -0.1) is 0 Å². The molecule has 3 amide bonds. The molecule has 7 nitrogen and oxygen atoms in total. The Hall–Kier alpha value is -4.26. The summed E-state index contributed by atoms with van der Waals surface area (Å²) in [5.41, 5.74) is 5.39. The SMILES string of the molecule is CC(=O)Nc1ccc(C(=O)NC2N=C(c3ccccc3)c3cccc4c3N(CC4)C2=O)cc1. The maximum Gasteiger partial charge on any atom is 0.272 e. The van der Waals surface area contributed by atoms with Crippen molar-refractivity contribution in [2.75, 3.05) is 16.8 Å². The standard InChI is InChI=1S/C26H22N4O3/c1-16(31)27-20-12-10-19(11-13-20)25(32)29-24-26(33)30-15-14-18-8-5-9-21(23(18)30)22(28-24)17-6-3-2-4-7-17/h2-13,24H,14-15H2,1H3,(H,27,31)(H,29,32). The second kappa shape index (κ2) is 8.35. The van der Waals surface area contributed by atoms with Crippen LogP contribution in [0.5, 0.6) is 0 Å². The molecule has 33 heavy (non-hydrogen) atoms. The number of rotatable bonds is 4. The molecule has 7 heteroatoms. The Kier molecular flexibility index (Phi) is 5.22. The van der Waals surface area contributed by atoms with Gasteiger partial charge in [0.05, 0.1) is 11.4 Å². The summed E-state index contributed by atoms with van der Waals surface area (Å²) in [7, 11) is 0. The van der Waals surface area contributed by atoms with E-state index in [0.29, 0.717) is 23.5 Å². The van der Waals surface area contributed by atoms with Gasteiger partial charge in [-0.05, 0) is 36.2 Å². The van der Waals surface area contributed by atoms with Crippen LogP contribution in [0, 0.1) is 0 Å². The van der Waals surface area contributed by atoms with Crippen molar-refractivity contribution < 1.29 is 14.4 Å². The van der Waals surface area contributed by atoms with Gasteiger partial charge in [-0.3, -0.25) is 14.4 Å². The molecule has 0 bridgehead atoms. The van der Waals surface area contributed by atoms with E-state index < -0.39 is 12.1 Å². The number of nitrogens with zero attached hydrogens (tertiary/aromatic N) is 2. The molecule has 2 heterocycles. The summed E-state index contributed by atoms with van der Waals surface area (Å²) < 4.78 is 0. The van der Waals surface area contributed by atoms with Crippen molar-refractivity contribution in [3.63, 3.8) is 0 Å². The Morgan fingerprint density at radius 2 is 1.73 bits per heavy atom. The third kappa shape index (κ3) is 3.89. The van der Waals surface area contributed by atoms with Crippen LogP contribution in [0.2, 0.25) is 0 Å². The van der Waals surface area contributed by atoms with Crippen LogP contribution >= 0.6 is 0 Å². The van der Waals surface area contributed by atoms with Gasteiger partial charge >= 0.3 is 0 Å². The summed E-state index contributed by atoms with van der Waals surface area (Å²) in [6.07, 6.45) is -0.288. The van der Waals surface area contributed by atoms with Crippen molar-refractivity contribution in [3.8, 4) is 0 Å². The topological polar surface area (TPSA) is 90.9 Å². The quantitative estimate of drug-likeness (QED) is 0.656. The predicted octanol–water partition coefficient (Wildman–Crippen LogP) is 3.14. The number of hydrogen-bond acceptors (Lipinski definition) is 4. The van der Waals surface area contributed by atoms with Crippen LogP contribution in [-0.2, 0) is 16.0 Å². The van der Waals surface area contributed by atoms with E-state index >= 15 is 0 Å². The Morgan fingerprint density at radius 3 is 2.45 bits per heavy atom. The molecule has 1 unspecified atom stereocenters. The molecule has 5 rings (SSSR count). The minimum atomic E-state index is -1.05. The van der Waals surface area contributed by atoms with Crippen LogP contribution in [0.3, 0.4) is 0 Å². The summed E-state index contributed by atoms with van der Waals surface area (Å²) in [5.74, 6) is -0.858. The maximum atomic E-state index is 13.4. The lowest BCUT2D eigenvalue weighted by Gasteiger charge is -2.21. The van der Waals surface area contributed by atoms with E-state index in [0.717, 1.165) is 28.8 Å². The van der Waals surface area contributed by atoms with Crippen molar-refractivity contribution in [2.45, 2.75) is 19.5 Å². The van der Waals surface area contributed by atoms with Crippen molar-refractivity contribution in [2.24, 2.45) is 4.99 Å². The Morgan fingerprint density at radius 1 is 0.970 bits per heavy atom. The van der Waals surface area contributed by atoms with E-state index in [1.807, 2.05) is 48.5 Å². The lowest BCUT2D eigenvalue weighted by atomic mass is 9.98. The molecule has 1 atom stereocenters. The van der Waals surface area contributed by atoms with Gasteiger partial charge in [-0.25, -0.2) is 4.99 Å². The van der Waals surface area contributed by atoms with Gasteiger partial charge in [0.2, 0.25) is 12.1 Å². The number of nitrogens with one attached hydrogen (secondary N) is 2. The molecular weight excluding hydrogens is 416 g/mol. The molecule has 0 aliphatic carbocycles. The number of carbonyl (C=O) groups excluding carboxylic acids is 3. The van der Waals surface area contributed by atoms with E-state index in [4.69, 9.17) is 4.99 Å². The third-order valence-electron chi connectivity index (χ3n) is 5.79. The molecule has 2 N–H and O–H groups in total. The van der Waals surface area contributed by atoms with Gasteiger partial charge in [0, 0.05) is 35.8 Å². The fraction of sp³-hybridized carbons (Fsp3) is 0.154. The Labute approximate surface area is 191 Å². The summed E-state index contributed by atoms with van der Waals surface area (Å²) in [6, 6.07) is 22.2. The van der Waals surface area contributed by atoms with Gasteiger partial charge < -0.3 is 15.5 Å². The molecule has 3 aromatic rings. The van der Waals surface area contributed by atoms with Gasteiger partial charge in [0.1, 0.15) is 0 Å². The molecular formula is C26H22N4O3. The lowest BCUT2D eigenvalue weighted by Crippen LogP contribution is -2.46. The summed E-state index contributed by atoms with van der Waals surface area (Å²) in [5, 5.41) is 5.47. The molecule has 0 aromatic heterocycles. The first-order chi connectivity index (χ1) is 16.0. The van der Waals surface area contributed by atoms with Crippen molar-refractivity contribution >= 4 is 34.8 Å². The molecule has 3 aromatic carbocycles. The molecule has 0 radical (unpaired) electrons. The molecule has 0 fully saturated rings. The van der Waals surface area contributed by atoms with Crippen LogP contribution < -0.4 is 15.5 Å². The van der Waals surface area contributed by atoms with E-state index in [-0.39, 0.29) is 11.8 Å². The van der Waals surface area contributed by atoms with Crippen LogP contribution in [0.4, 0.5) is 11.4 Å². The maximum absolute atomic E-state index is 13.4. The smallest absolute Gasteiger partial charge is 0.272 e. The van der Waals surface area contributed by atoms with E-state index in [1.165, 1.54) is 6.92 Å². The first kappa shape index (κ1) is 20.6. The van der Waals surface area contributed by atoms with Crippen LogP contribution in [0.15, 0.2) is 77.8 Å². The van der Waals surface area contributed by atoms with E-state index in [1.54, 1.807) is 29.2 Å². The van der Waals surface area contributed by atoms with Crippen LogP contribution in [0.25, 0.3) is 0 Å². The molecule has 2 aliphatic rings. The predicted molar refractivity (Wildman–Crippen MR) is 127 cm³/mol. The first-order valence-corrected chi connectivity index (χ1v) is 10.8. The Balaban J connectivity index is 1.51. The second-order valence-corrected chi connectivity index (χ2v) is 8.03. The zero-order valence-electron chi connectivity index (χ0n) is 18.0. The highest BCUT2D eigenvalue weighted by molar-refractivity contribution is 6.21. The molecule has 2 aliphatic heterocycles. The minimum absolute atomic E-state index is 0.191. The number of benzene rings is 3. The highest BCUT2D eigenvalue weighted by Crippen LogP contribution is 2.36. The van der Waals surface area contributed by atoms with Gasteiger partial charge in [0.15, 0.2) is 0 Å². The van der Waals surface area contributed by atoms with Crippen LogP contribution in [0.1, 0.15) is 34.0 Å². The zero-order valence-corrected chi connectivity index (χ0v) is 18.0. The number of hydrogen-bond donors (Lipinski definition) is 2. The van der Waals surface area contributed by atoms with Gasteiger partial charge in [-0.2, -0.15) is 0 Å². The average molecular weight is 438 g/mol. The monoisotopic (exact) mass is 438 g/mol. The van der Waals surface area contributed by atoms with Gasteiger partial charge in [0.25, 0.3) is 11.8 Å². The largest absolute Gasteiger partial charge is 0.326 e. The fourth-order valence-corrected chi connectivity index (χ4v) is 4.30. The normalized spacial score (nSPS) is 16.5. The van der Waals surface area contributed by atoms with Crippen LogP contribution in [-0.4, -0.2) is 36.1 Å². The number of anilines is 2. The summed E-state index contributed by atoms with van der Waals surface area (Å²) >= 11 is 0.